The van der Waals surface area contributed by atoms with Gasteiger partial charge in [-0.25, -0.2) is 4.79 Å². The van der Waals surface area contributed by atoms with Crippen LogP contribution in [0.4, 0.5) is 0 Å². The third kappa shape index (κ3) is 3.79. The number of benzene rings is 1. The van der Waals surface area contributed by atoms with Crippen molar-refractivity contribution in [3.05, 3.63) is 34.3 Å². The van der Waals surface area contributed by atoms with Crippen molar-refractivity contribution in [2.75, 3.05) is 13.7 Å². The minimum absolute atomic E-state index is 0.113. The number of hydrogen-bond acceptors (Lipinski definition) is 5. The van der Waals surface area contributed by atoms with Crippen LogP contribution in [0.3, 0.4) is 0 Å². The fourth-order valence-electron chi connectivity index (χ4n) is 2.79. The minimum atomic E-state index is -1.23. The van der Waals surface area contributed by atoms with Crippen LogP contribution in [0.2, 0.25) is 0 Å². The van der Waals surface area contributed by atoms with E-state index in [1.165, 1.54) is 7.11 Å². The van der Waals surface area contributed by atoms with Crippen molar-refractivity contribution >= 4 is 27.8 Å². The Labute approximate surface area is 150 Å². The molecule has 0 radical (unpaired) electrons. The van der Waals surface area contributed by atoms with Gasteiger partial charge in [-0.05, 0) is 23.6 Å². The molecule has 1 aliphatic heterocycles. The first-order valence-electron chi connectivity index (χ1n) is 7.84. The fraction of sp³-hybridized carbons (Fsp3) is 0.529. The second kappa shape index (κ2) is 7.63. The number of halogens is 1. The summed E-state index contributed by atoms with van der Waals surface area (Å²) >= 11 is 3.38. The van der Waals surface area contributed by atoms with Crippen LogP contribution in [-0.2, 0) is 19.1 Å². The number of nitrogens with two attached hydrogens (primary N) is 1. The molecule has 0 aromatic heterocycles. The topological polar surface area (TPSA) is 90.7 Å². The predicted molar refractivity (Wildman–Crippen MR) is 93.2 cm³/mol. The normalized spacial score (nSPS) is 24.7. The molecule has 1 aromatic carbocycles. The molecule has 132 valence electrons. The van der Waals surface area contributed by atoms with Crippen LogP contribution in [0, 0.1) is 5.92 Å². The Hall–Kier alpha value is -1.44. The van der Waals surface area contributed by atoms with E-state index in [2.05, 4.69) is 21.2 Å². The quantitative estimate of drug-likeness (QED) is 0.739. The highest BCUT2D eigenvalue weighted by molar-refractivity contribution is 9.10. The summed E-state index contributed by atoms with van der Waals surface area (Å²) in [4.78, 5) is 24.7. The lowest BCUT2D eigenvalue weighted by Crippen LogP contribution is -2.59. The number of nitrogens with one attached hydrogen (secondary N) is 1. The largest absolute Gasteiger partial charge is 0.467 e. The number of ether oxygens (including phenoxy) is 2. The molecule has 6 nitrogen and oxygen atoms in total. The molecule has 1 heterocycles. The summed E-state index contributed by atoms with van der Waals surface area (Å²) < 4.78 is 11.4. The average Bonchev–Trinajstić information content (AvgIpc) is 2.95. The summed E-state index contributed by atoms with van der Waals surface area (Å²) in [5.74, 6) is -1.00. The van der Waals surface area contributed by atoms with Crippen molar-refractivity contribution in [1.82, 2.24) is 5.32 Å². The smallest absolute Gasteiger partial charge is 0.328 e. The van der Waals surface area contributed by atoms with E-state index in [4.69, 9.17) is 15.2 Å². The van der Waals surface area contributed by atoms with Gasteiger partial charge in [-0.3, -0.25) is 4.79 Å². The molecular weight excluding hydrogens is 376 g/mol. The second-order valence-corrected chi connectivity index (χ2v) is 7.23. The molecule has 7 heteroatoms. The first-order chi connectivity index (χ1) is 11.3. The summed E-state index contributed by atoms with van der Waals surface area (Å²) in [6.07, 6.45) is -0.179. The average molecular weight is 399 g/mol. The first kappa shape index (κ1) is 18.9. The standard InChI is InChI=1S/C17H23BrN2O4/c1-10(2)13(15(21)23-3)20-16(22)17(19)8-9-24-14(17)11-4-6-12(18)7-5-11/h4-7,10,13-14H,8-9,19H2,1-3H3,(H,20,22)/t13-,14-,17+/m0/s1. The van der Waals surface area contributed by atoms with Crippen molar-refractivity contribution in [2.24, 2.45) is 11.7 Å². The van der Waals surface area contributed by atoms with Gasteiger partial charge in [0.1, 0.15) is 17.7 Å². The van der Waals surface area contributed by atoms with Gasteiger partial charge in [0.25, 0.3) is 0 Å². The third-order valence-corrected chi connectivity index (χ3v) is 4.80. The molecule has 24 heavy (non-hydrogen) atoms. The molecule has 0 saturated carbocycles. The molecule has 3 atom stereocenters. The lowest BCUT2D eigenvalue weighted by atomic mass is 9.86. The van der Waals surface area contributed by atoms with Crippen LogP contribution in [0.15, 0.2) is 28.7 Å². The number of carbonyl (C=O) groups excluding carboxylic acids is 2. The van der Waals surface area contributed by atoms with Gasteiger partial charge in [0.05, 0.1) is 7.11 Å². The highest BCUT2D eigenvalue weighted by Crippen LogP contribution is 2.37. The maximum absolute atomic E-state index is 12.8. The van der Waals surface area contributed by atoms with E-state index in [0.717, 1.165) is 10.0 Å². The number of amides is 1. The van der Waals surface area contributed by atoms with E-state index in [1.807, 2.05) is 38.1 Å². The summed E-state index contributed by atoms with van der Waals surface area (Å²) in [7, 11) is 1.30. The Balaban J connectivity index is 2.22. The molecule has 0 spiro atoms. The van der Waals surface area contributed by atoms with Crippen LogP contribution in [-0.4, -0.2) is 37.2 Å². The van der Waals surface area contributed by atoms with Gasteiger partial charge in [0, 0.05) is 17.5 Å². The predicted octanol–water partition coefficient (Wildman–Crippen LogP) is 1.92. The van der Waals surface area contributed by atoms with Crippen LogP contribution in [0.25, 0.3) is 0 Å². The highest BCUT2D eigenvalue weighted by Gasteiger charge is 2.49. The zero-order valence-electron chi connectivity index (χ0n) is 14.0. The Morgan fingerprint density at radius 2 is 2.00 bits per heavy atom. The molecule has 0 unspecified atom stereocenters. The van der Waals surface area contributed by atoms with E-state index < -0.39 is 29.6 Å². The molecule has 3 N–H and O–H groups in total. The number of methoxy groups -OCH3 is 1. The zero-order chi connectivity index (χ0) is 17.9. The lowest BCUT2D eigenvalue weighted by molar-refractivity contribution is -0.147. The fourth-order valence-corrected chi connectivity index (χ4v) is 3.05. The second-order valence-electron chi connectivity index (χ2n) is 6.31. The molecule has 2 rings (SSSR count). The third-order valence-electron chi connectivity index (χ3n) is 4.27. The van der Waals surface area contributed by atoms with Gasteiger partial charge in [0.15, 0.2) is 0 Å². The maximum atomic E-state index is 12.8. The molecule has 1 saturated heterocycles. The van der Waals surface area contributed by atoms with Crippen molar-refractivity contribution in [3.63, 3.8) is 0 Å². The van der Waals surface area contributed by atoms with Crippen molar-refractivity contribution in [2.45, 2.75) is 38.0 Å². The van der Waals surface area contributed by atoms with Crippen molar-refractivity contribution in [3.8, 4) is 0 Å². The first-order valence-corrected chi connectivity index (χ1v) is 8.63. The summed E-state index contributed by atoms with van der Waals surface area (Å²) in [5.41, 5.74) is 6.01. The Morgan fingerprint density at radius 1 is 1.38 bits per heavy atom. The van der Waals surface area contributed by atoms with E-state index in [1.54, 1.807) is 0 Å². The molecule has 1 aromatic rings. The van der Waals surface area contributed by atoms with Gasteiger partial charge in [-0.1, -0.05) is 41.9 Å². The van der Waals surface area contributed by atoms with Crippen LogP contribution >= 0.6 is 15.9 Å². The van der Waals surface area contributed by atoms with Crippen LogP contribution in [0.5, 0.6) is 0 Å². The number of hydrogen-bond donors (Lipinski definition) is 2. The van der Waals surface area contributed by atoms with Gasteiger partial charge in [-0.2, -0.15) is 0 Å². The Kier molecular flexibility index (Phi) is 6.01. The van der Waals surface area contributed by atoms with E-state index in [-0.39, 0.29) is 5.92 Å². The number of rotatable bonds is 5. The lowest BCUT2D eigenvalue weighted by Gasteiger charge is -2.31. The molecule has 0 bridgehead atoms. The highest BCUT2D eigenvalue weighted by atomic mass is 79.9. The number of carbonyl (C=O) groups is 2. The summed E-state index contributed by atoms with van der Waals surface area (Å²) in [6, 6.07) is 6.75. The Bertz CT molecular complexity index is 605. The molecule has 0 aliphatic carbocycles. The van der Waals surface area contributed by atoms with Crippen LogP contribution < -0.4 is 11.1 Å². The molecular formula is C17H23BrN2O4. The SMILES string of the molecule is COC(=O)[C@@H](NC(=O)[C@@]1(N)CCO[C@H]1c1ccc(Br)cc1)C(C)C. The van der Waals surface area contributed by atoms with Gasteiger partial charge >= 0.3 is 5.97 Å². The molecule has 1 amide bonds. The van der Waals surface area contributed by atoms with E-state index in [0.29, 0.717) is 13.0 Å². The Morgan fingerprint density at radius 3 is 2.54 bits per heavy atom. The van der Waals surface area contributed by atoms with Crippen molar-refractivity contribution < 1.29 is 19.1 Å². The number of esters is 1. The summed E-state index contributed by atoms with van der Waals surface area (Å²) in [6.45, 7) is 4.06. The van der Waals surface area contributed by atoms with Crippen LogP contribution in [0.1, 0.15) is 31.9 Å². The van der Waals surface area contributed by atoms with Gasteiger partial charge in [-0.15, -0.1) is 0 Å². The van der Waals surface area contributed by atoms with Crippen molar-refractivity contribution in [1.29, 1.82) is 0 Å². The molecule has 1 aliphatic rings. The summed E-state index contributed by atoms with van der Waals surface area (Å²) in [5, 5.41) is 2.73. The molecule has 1 fully saturated rings. The van der Waals surface area contributed by atoms with Gasteiger partial charge in [0.2, 0.25) is 5.91 Å². The van der Waals surface area contributed by atoms with Gasteiger partial charge < -0.3 is 20.5 Å². The monoisotopic (exact) mass is 398 g/mol. The zero-order valence-corrected chi connectivity index (χ0v) is 15.6. The minimum Gasteiger partial charge on any atom is -0.467 e. The maximum Gasteiger partial charge on any atom is 0.328 e. The van der Waals surface area contributed by atoms with E-state index >= 15 is 0 Å². The van der Waals surface area contributed by atoms with E-state index in [9.17, 15) is 9.59 Å².